The van der Waals surface area contributed by atoms with Gasteiger partial charge in [0, 0.05) is 48.1 Å². The van der Waals surface area contributed by atoms with Crippen LogP contribution in [0, 0.1) is 0 Å². The average Bonchev–Trinajstić information content (AvgIpc) is 3.18. The lowest BCUT2D eigenvalue weighted by Crippen LogP contribution is -2.46. The molecule has 6 rings (SSSR count). The fourth-order valence-electron chi connectivity index (χ4n) is 5.07. The lowest BCUT2D eigenvalue weighted by atomic mass is 9.86. The lowest BCUT2D eigenvalue weighted by Gasteiger charge is -2.38. The molecule has 2 saturated heterocycles. The molecule has 0 spiro atoms. The first-order chi connectivity index (χ1) is 16.8. The van der Waals surface area contributed by atoms with Crippen molar-refractivity contribution >= 4 is 45.7 Å². The van der Waals surface area contributed by atoms with Gasteiger partial charge in [0.15, 0.2) is 5.15 Å². The number of rotatable bonds is 5. The Hall–Kier alpha value is -2.14. The molecule has 0 radical (unpaired) electrons. The predicted molar refractivity (Wildman–Crippen MR) is 127 cm³/mol. The monoisotopic (exact) mass is 526 g/mol. The van der Waals surface area contributed by atoms with Crippen LogP contribution in [0.25, 0.3) is 10.9 Å². The third-order valence-electron chi connectivity index (χ3n) is 7.16. The van der Waals surface area contributed by atoms with Crippen LogP contribution in [0.5, 0.6) is 0 Å². The maximum Gasteiger partial charge on any atom is 0.272 e. The maximum absolute atomic E-state index is 15.3. The van der Waals surface area contributed by atoms with Crippen molar-refractivity contribution in [2.75, 3.05) is 31.6 Å². The molecule has 186 valence electrons. The number of anilines is 2. The van der Waals surface area contributed by atoms with Crippen LogP contribution in [0.3, 0.4) is 0 Å². The topological polar surface area (TPSA) is 68.1 Å². The van der Waals surface area contributed by atoms with E-state index in [9.17, 15) is 8.78 Å². The minimum Gasteiger partial charge on any atom is -0.380 e. The minimum atomic E-state index is -2.79. The van der Waals surface area contributed by atoms with Gasteiger partial charge in [-0.05, 0) is 37.1 Å². The van der Waals surface area contributed by atoms with E-state index in [1.807, 2.05) is 6.07 Å². The summed E-state index contributed by atoms with van der Waals surface area (Å²) in [5, 5.41) is 8.18. The minimum absolute atomic E-state index is 0.0624. The third-order valence-corrected chi connectivity index (χ3v) is 7.87. The molecule has 1 N–H and O–H groups in total. The smallest absolute Gasteiger partial charge is 0.272 e. The Labute approximate surface area is 209 Å². The zero-order chi connectivity index (χ0) is 24.3. The van der Waals surface area contributed by atoms with Crippen molar-refractivity contribution in [1.82, 2.24) is 24.6 Å². The van der Waals surface area contributed by atoms with Crippen molar-refractivity contribution in [3.8, 4) is 0 Å². The van der Waals surface area contributed by atoms with E-state index in [4.69, 9.17) is 27.9 Å². The summed E-state index contributed by atoms with van der Waals surface area (Å²) in [6.07, 6.45) is 3.22. The second kappa shape index (κ2) is 8.76. The Kier molecular flexibility index (Phi) is 5.82. The van der Waals surface area contributed by atoms with Crippen LogP contribution >= 0.6 is 23.2 Å². The number of nitrogens with zero attached hydrogens (tertiary/aromatic N) is 5. The van der Waals surface area contributed by atoms with E-state index in [1.165, 1.54) is 6.20 Å². The van der Waals surface area contributed by atoms with E-state index in [-0.39, 0.29) is 29.5 Å². The van der Waals surface area contributed by atoms with Gasteiger partial charge in [0.05, 0.1) is 24.0 Å². The highest BCUT2D eigenvalue weighted by molar-refractivity contribution is 6.32. The highest BCUT2D eigenvalue weighted by Crippen LogP contribution is 2.53. The first kappa shape index (κ1) is 23.3. The second-order valence-corrected chi connectivity index (χ2v) is 10.2. The molecule has 3 aromatic rings. The molecule has 4 heterocycles. The summed E-state index contributed by atoms with van der Waals surface area (Å²) in [7, 11) is 0. The summed E-state index contributed by atoms with van der Waals surface area (Å²) in [5.74, 6) is -2.90. The third kappa shape index (κ3) is 4.34. The van der Waals surface area contributed by atoms with Gasteiger partial charge in [-0.3, -0.25) is 4.90 Å². The van der Waals surface area contributed by atoms with Crippen molar-refractivity contribution in [3.05, 3.63) is 40.3 Å². The van der Waals surface area contributed by atoms with Crippen LogP contribution in [0.15, 0.2) is 24.5 Å². The first-order valence-corrected chi connectivity index (χ1v) is 12.4. The van der Waals surface area contributed by atoms with Gasteiger partial charge in [-0.1, -0.05) is 23.2 Å². The molecule has 7 nitrogen and oxygen atoms in total. The van der Waals surface area contributed by atoms with Crippen molar-refractivity contribution in [3.63, 3.8) is 0 Å². The molecule has 4 unspecified atom stereocenters. The molecule has 4 atom stereocenters. The number of fused-ring (bicyclic) bond motifs is 1. The van der Waals surface area contributed by atoms with Crippen LogP contribution in [-0.4, -0.2) is 69.1 Å². The van der Waals surface area contributed by atoms with Gasteiger partial charge in [0.2, 0.25) is 5.95 Å². The molecule has 35 heavy (non-hydrogen) atoms. The molecule has 1 aliphatic carbocycles. The highest BCUT2D eigenvalue weighted by atomic mass is 35.5. The zero-order valence-electron chi connectivity index (χ0n) is 18.6. The molecular weight excluding hydrogens is 504 g/mol. The number of hydrogen-bond donors (Lipinski definition) is 1. The quantitative estimate of drug-likeness (QED) is 0.481. The van der Waals surface area contributed by atoms with Gasteiger partial charge in [0.25, 0.3) is 5.92 Å². The summed E-state index contributed by atoms with van der Waals surface area (Å²) < 4.78 is 48.7. The first-order valence-electron chi connectivity index (χ1n) is 11.6. The Morgan fingerprint density at radius 1 is 1.17 bits per heavy atom. The molecule has 0 bridgehead atoms. The normalized spacial score (nSPS) is 28.5. The van der Waals surface area contributed by atoms with E-state index >= 15 is 4.39 Å². The lowest BCUT2D eigenvalue weighted by molar-refractivity contribution is 0.0729. The molecule has 3 aliphatic rings. The number of piperidine rings is 1. The molecule has 2 aliphatic heterocycles. The Balaban J connectivity index is 1.23. The molecule has 12 heteroatoms. The summed E-state index contributed by atoms with van der Waals surface area (Å²) in [4.78, 5) is 11.0. The molecule has 1 saturated carbocycles. The number of ether oxygens (including phenoxy) is 1. The number of halogens is 5. The Morgan fingerprint density at radius 3 is 2.71 bits per heavy atom. The van der Waals surface area contributed by atoms with Gasteiger partial charge in [0.1, 0.15) is 12.2 Å². The second-order valence-electron chi connectivity index (χ2n) is 9.45. The zero-order valence-corrected chi connectivity index (χ0v) is 20.1. The fourth-order valence-corrected chi connectivity index (χ4v) is 5.63. The van der Waals surface area contributed by atoms with Crippen LogP contribution in [-0.2, 0) is 4.74 Å². The van der Waals surface area contributed by atoms with E-state index < -0.39 is 18.1 Å². The summed E-state index contributed by atoms with van der Waals surface area (Å²) in [5.41, 5.74) is 1.65. The van der Waals surface area contributed by atoms with Gasteiger partial charge in [-0.2, -0.15) is 5.10 Å². The van der Waals surface area contributed by atoms with Gasteiger partial charge in [-0.15, -0.1) is 0 Å². The molecule has 0 amide bonds. The van der Waals surface area contributed by atoms with Crippen LogP contribution in [0.2, 0.25) is 10.2 Å². The molecule has 2 aromatic heterocycles. The number of benzene rings is 1. The highest BCUT2D eigenvalue weighted by Gasteiger charge is 2.59. The van der Waals surface area contributed by atoms with Crippen molar-refractivity contribution in [1.29, 1.82) is 0 Å². The van der Waals surface area contributed by atoms with E-state index in [0.717, 1.165) is 29.8 Å². The van der Waals surface area contributed by atoms with Gasteiger partial charge < -0.3 is 10.1 Å². The molecule has 3 fully saturated rings. The van der Waals surface area contributed by atoms with Crippen LogP contribution < -0.4 is 5.32 Å². The average molecular weight is 527 g/mol. The Bertz CT molecular complexity index is 1270. The van der Waals surface area contributed by atoms with Crippen LogP contribution in [0.1, 0.15) is 36.8 Å². The van der Waals surface area contributed by atoms with Crippen molar-refractivity contribution < 1.29 is 17.9 Å². The van der Waals surface area contributed by atoms with Crippen molar-refractivity contribution in [2.24, 2.45) is 0 Å². The number of alkyl halides is 3. The number of nitrogens with one attached hydrogen (secondary N) is 1. The van der Waals surface area contributed by atoms with E-state index in [1.54, 1.807) is 12.3 Å². The molecule has 1 aromatic carbocycles. The molecular formula is C23H23Cl2F3N6O. The summed E-state index contributed by atoms with van der Waals surface area (Å²) in [6, 6.07) is 2.81. The predicted octanol–water partition coefficient (Wildman–Crippen LogP) is 5.37. The SMILES string of the molecule is FC1CN(C2CCOC2)CCC1c1cc2nc(Nc3cnn(C4CC4(F)F)c3Cl)ncc2cc1Cl. The maximum atomic E-state index is 15.3. The van der Waals surface area contributed by atoms with Gasteiger partial charge in [-0.25, -0.2) is 27.8 Å². The number of likely N-dealkylation sites (tertiary alicyclic amines) is 1. The summed E-state index contributed by atoms with van der Waals surface area (Å²) in [6.45, 7) is 2.53. The van der Waals surface area contributed by atoms with Crippen molar-refractivity contribution in [2.45, 2.75) is 49.4 Å². The van der Waals surface area contributed by atoms with Crippen LogP contribution in [0.4, 0.5) is 24.8 Å². The largest absolute Gasteiger partial charge is 0.380 e. The fraction of sp³-hybridized carbons (Fsp3) is 0.522. The summed E-state index contributed by atoms with van der Waals surface area (Å²) >= 11 is 12.8. The standard InChI is InChI=1S/C23H23Cl2F3N6O/c24-16-5-12-8-29-22(32-19-9-30-34(21(19)25)20-7-23(20,27)28)31-18(12)6-15(16)14-1-3-33(10-17(14)26)13-2-4-35-11-13/h5-6,8-9,13-14,17,20H,1-4,7,10-11H2,(H,29,31,32). The van der Waals surface area contributed by atoms with Gasteiger partial charge >= 0.3 is 0 Å². The Morgan fingerprint density at radius 2 is 2.00 bits per heavy atom. The number of hydrogen-bond acceptors (Lipinski definition) is 6. The van der Waals surface area contributed by atoms with E-state index in [2.05, 4.69) is 25.3 Å². The number of aromatic nitrogens is 4. The van der Waals surface area contributed by atoms with E-state index in [0.29, 0.717) is 41.2 Å².